The van der Waals surface area contributed by atoms with Gasteiger partial charge in [-0.05, 0) is 18.8 Å². The molecule has 0 bridgehead atoms. The van der Waals surface area contributed by atoms with Gasteiger partial charge in [0.15, 0.2) is 0 Å². The largest absolute Gasteiger partial charge is 0.453 e. The first-order valence-corrected chi connectivity index (χ1v) is 6.87. The van der Waals surface area contributed by atoms with Crippen molar-refractivity contribution >= 4 is 6.09 Å². The number of carbonyl (C=O) groups excluding carboxylic acids is 1. The van der Waals surface area contributed by atoms with Crippen LogP contribution >= 0.6 is 0 Å². The highest BCUT2D eigenvalue weighted by atomic mass is 16.5. The lowest BCUT2D eigenvalue weighted by atomic mass is 9.90. The van der Waals surface area contributed by atoms with Crippen molar-refractivity contribution < 1.29 is 14.6 Å². The van der Waals surface area contributed by atoms with Gasteiger partial charge in [0.1, 0.15) is 0 Å². The number of nitrogens with one attached hydrogen (secondary N) is 1. The monoisotopic (exact) mass is 258 g/mol. The van der Waals surface area contributed by atoms with Crippen LogP contribution in [0.3, 0.4) is 0 Å². The van der Waals surface area contributed by atoms with Crippen molar-refractivity contribution in [2.45, 2.75) is 38.6 Å². The fourth-order valence-corrected chi connectivity index (χ4v) is 2.66. The number of nitrogens with zero attached hydrogens (tertiary/aromatic N) is 1. The van der Waals surface area contributed by atoms with Crippen LogP contribution in [0.2, 0.25) is 0 Å². The van der Waals surface area contributed by atoms with E-state index in [9.17, 15) is 4.79 Å². The summed E-state index contributed by atoms with van der Waals surface area (Å²) in [6.45, 7) is 4.88. The fraction of sp³-hybridized carbons (Fsp3) is 0.923. The second kappa shape index (κ2) is 8.32. The summed E-state index contributed by atoms with van der Waals surface area (Å²) in [6, 6.07) is 0.139. The van der Waals surface area contributed by atoms with E-state index in [1.54, 1.807) is 0 Å². The Morgan fingerprint density at radius 3 is 2.89 bits per heavy atom. The van der Waals surface area contributed by atoms with Crippen LogP contribution in [0.15, 0.2) is 0 Å². The summed E-state index contributed by atoms with van der Waals surface area (Å²) < 4.78 is 4.65. The third kappa shape index (κ3) is 5.23. The van der Waals surface area contributed by atoms with E-state index in [2.05, 4.69) is 21.9 Å². The van der Waals surface area contributed by atoms with E-state index in [1.807, 2.05) is 0 Å². The third-order valence-electron chi connectivity index (χ3n) is 3.50. The van der Waals surface area contributed by atoms with Crippen LogP contribution in [0.5, 0.6) is 0 Å². The van der Waals surface area contributed by atoms with Gasteiger partial charge < -0.3 is 15.2 Å². The Balaban J connectivity index is 2.47. The highest BCUT2D eigenvalue weighted by Gasteiger charge is 2.27. The lowest BCUT2D eigenvalue weighted by Gasteiger charge is -2.37. The Morgan fingerprint density at radius 2 is 2.28 bits per heavy atom. The average Bonchev–Trinajstić information content (AvgIpc) is 2.36. The summed E-state index contributed by atoms with van der Waals surface area (Å²) in [7, 11) is 1.39. The molecule has 2 atom stereocenters. The van der Waals surface area contributed by atoms with Crippen molar-refractivity contribution in [3.63, 3.8) is 0 Å². The number of piperidine rings is 1. The van der Waals surface area contributed by atoms with Gasteiger partial charge in [-0.3, -0.25) is 4.90 Å². The zero-order chi connectivity index (χ0) is 13.4. The Labute approximate surface area is 109 Å². The quantitative estimate of drug-likeness (QED) is 0.752. The second-order valence-electron chi connectivity index (χ2n) is 5.06. The molecular formula is C13H26N2O3. The smallest absolute Gasteiger partial charge is 0.407 e. The maximum Gasteiger partial charge on any atom is 0.407 e. The van der Waals surface area contributed by atoms with Crippen molar-refractivity contribution in [1.82, 2.24) is 10.2 Å². The standard InChI is InChI=1S/C13H26N2O3/c1-3-4-5-11-8-12(14-13(17)18-2)10-15(9-11)6-7-16/h11-12,16H,3-10H2,1-2H3,(H,14,17). The Hall–Kier alpha value is -0.810. The molecule has 0 aromatic carbocycles. The molecule has 0 radical (unpaired) electrons. The molecule has 2 unspecified atom stereocenters. The molecule has 2 N–H and O–H groups in total. The first-order valence-electron chi connectivity index (χ1n) is 6.87. The SMILES string of the molecule is CCCCC1CC(NC(=O)OC)CN(CCO)C1. The highest BCUT2D eigenvalue weighted by molar-refractivity contribution is 5.67. The molecule has 0 aromatic heterocycles. The van der Waals surface area contributed by atoms with Gasteiger partial charge in [-0.25, -0.2) is 4.79 Å². The highest BCUT2D eigenvalue weighted by Crippen LogP contribution is 2.22. The zero-order valence-electron chi connectivity index (χ0n) is 11.5. The number of β-amino-alcohol motifs (C(OH)–C–C–N with tert-alkyl or cyclic N) is 1. The molecule has 5 heteroatoms. The number of amides is 1. The van der Waals surface area contributed by atoms with E-state index in [0.717, 1.165) is 19.5 Å². The van der Waals surface area contributed by atoms with Crippen LogP contribution in [-0.2, 0) is 4.74 Å². The number of rotatable bonds is 6. The van der Waals surface area contributed by atoms with Crippen molar-refractivity contribution in [3.8, 4) is 0 Å². The number of alkyl carbamates (subject to hydrolysis) is 1. The van der Waals surface area contributed by atoms with E-state index in [4.69, 9.17) is 5.11 Å². The minimum Gasteiger partial charge on any atom is -0.453 e. The predicted octanol–water partition coefficient (Wildman–Crippen LogP) is 1.22. The van der Waals surface area contributed by atoms with Gasteiger partial charge in [0, 0.05) is 25.7 Å². The van der Waals surface area contributed by atoms with Crippen LogP contribution in [-0.4, -0.2) is 55.5 Å². The molecule has 18 heavy (non-hydrogen) atoms. The molecule has 1 amide bonds. The molecule has 5 nitrogen and oxygen atoms in total. The van der Waals surface area contributed by atoms with Crippen molar-refractivity contribution in [2.75, 3.05) is 33.4 Å². The molecule has 0 spiro atoms. The maximum absolute atomic E-state index is 11.3. The molecule has 1 heterocycles. The first-order chi connectivity index (χ1) is 8.69. The van der Waals surface area contributed by atoms with Crippen molar-refractivity contribution in [3.05, 3.63) is 0 Å². The lowest BCUT2D eigenvalue weighted by molar-refractivity contribution is 0.104. The van der Waals surface area contributed by atoms with E-state index in [-0.39, 0.29) is 18.7 Å². The number of methoxy groups -OCH3 is 1. The molecule has 0 aliphatic carbocycles. The zero-order valence-corrected chi connectivity index (χ0v) is 11.5. The number of likely N-dealkylation sites (tertiary alicyclic amines) is 1. The number of hydrogen-bond acceptors (Lipinski definition) is 4. The number of aliphatic hydroxyl groups excluding tert-OH is 1. The summed E-state index contributed by atoms with van der Waals surface area (Å²) in [4.78, 5) is 13.5. The molecule has 1 saturated heterocycles. The summed E-state index contributed by atoms with van der Waals surface area (Å²) in [5, 5.41) is 11.9. The summed E-state index contributed by atoms with van der Waals surface area (Å²) in [5.41, 5.74) is 0. The van der Waals surface area contributed by atoms with E-state index >= 15 is 0 Å². The molecule has 0 aromatic rings. The molecule has 1 aliphatic rings. The normalized spacial score (nSPS) is 24.8. The summed E-state index contributed by atoms with van der Waals surface area (Å²) in [5.74, 6) is 0.604. The van der Waals surface area contributed by atoms with Gasteiger partial charge in [0.2, 0.25) is 0 Å². The van der Waals surface area contributed by atoms with Crippen LogP contribution in [0.4, 0.5) is 4.79 Å². The maximum atomic E-state index is 11.3. The van der Waals surface area contributed by atoms with E-state index in [0.29, 0.717) is 12.5 Å². The van der Waals surface area contributed by atoms with Crippen molar-refractivity contribution in [2.24, 2.45) is 5.92 Å². The lowest BCUT2D eigenvalue weighted by Crippen LogP contribution is -2.51. The molecule has 106 valence electrons. The number of aliphatic hydroxyl groups is 1. The van der Waals surface area contributed by atoms with Crippen LogP contribution < -0.4 is 5.32 Å². The first kappa shape index (κ1) is 15.2. The predicted molar refractivity (Wildman–Crippen MR) is 70.5 cm³/mol. The molecule has 1 fully saturated rings. The topological polar surface area (TPSA) is 61.8 Å². The Kier molecular flexibility index (Phi) is 7.05. The Bertz CT molecular complexity index is 248. The molecular weight excluding hydrogens is 232 g/mol. The Morgan fingerprint density at radius 1 is 1.50 bits per heavy atom. The van der Waals surface area contributed by atoms with E-state index < -0.39 is 0 Å². The third-order valence-corrected chi connectivity index (χ3v) is 3.50. The number of unbranched alkanes of at least 4 members (excludes halogenated alkanes) is 1. The van der Waals surface area contributed by atoms with Gasteiger partial charge in [0.05, 0.1) is 13.7 Å². The second-order valence-corrected chi connectivity index (χ2v) is 5.06. The van der Waals surface area contributed by atoms with Gasteiger partial charge >= 0.3 is 6.09 Å². The van der Waals surface area contributed by atoms with Crippen LogP contribution in [0.25, 0.3) is 0 Å². The van der Waals surface area contributed by atoms with E-state index in [1.165, 1.54) is 26.4 Å². The minimum atomic E-state index is -0.361. The minimum absolute atomic E-state index is 0.139. The number of ether oxygens (including phenoxy) is 1. The summed E-state index contributed by atoms with van der Waals surface area (Å²) >= 11 is 0. The van der Waals surface area contributed by atoms with Gasteiger partial charge in [-0.1, -0.05) is 19.8 Å². The number of hydrogen-bond donors (Lipinski definition) is 2. The van der Waals surface area contributed by atoms with Crippen LogP contribution in [0, 0.1) is 5.92 Å². The molecule has 0 saturated carbocycles. The van der Waals surface area contributed by atoms with Crippen molar-refractivity contribution in [1.29, 1.82) is 0 Å². The van der Waals surface area contributed by atoms with Gasteiger partial charge in [0.25, 0.3) is 0 Å². The van der Waals surface area contributed by atoms with Gasteiger partial charge in [-0.15, -0.1) is 0 Å². The molecule has 1 aliphatic heterocycles. The fourth-order valence-electron chi connectivity index (χ4n) is 2.66. The van der Waals surface area contributed by atoms with Crippen LogP contribution in [0.1, 0.15) is 32.6 Å². The summed E-state index contributed by atoms with van der Waals surface area (Å²) in [6.07, 6.45) is 4.27. The average molecular weight is 258 g/mol. The molecule has 1 rings (SSSR count). The number of carbonyl (C=O) groups is 1. The van der Waals surface area contributed by atoms with Gasteiger partial charge in [-0.2, -0.15) is 0 Å².